The molecule has 2 heteroatoms. The summed E-state index contributed by atoms with van der Waals surface area (Å²) in [6, 6.07) is 4.57. The molecule has 0 radical (unpaired) electrons. The molecular weight excluding hydrogens is 222 g/mol. The van der Waals surface area contributed by atoms with Gasteiger partial charge in [-0.15, -0.1) is 0 Å². The van der Waals surface area contributed by atoms with Crippen LogP contribution in [0.25, 0.3) is 0 Å². The predicted octanol–water partition coefficient (Wildman–Crippen LogP) is 3.29. The molecular formula is C16H25NO. The van der Waals surface area contributed by atoms with Crippen molar-refractivity contribution in [3.8, 4) is 5.75 Å². The van der Waals surface area contributed by atoms with Gasteiger partial charge >= 0.3 is 0 Å². The normalized spacial score (nSPS) is 17.7. The fourth-order valence-corrected chi connectivity index (χ4v) is 2.67. The smallest absolute Gasteiger partial charge is 0.125 e. The van der Waals surface area contributed by atoms with Crippen LogP contribution in [0.2, 0.25) is 0 Å². The minimum Gasteiger partial charge on any atom is -0.496 e. The third kappa shape index (κ3) is 2.14. The summed E-state index contributed by atoms with van der Waals surface area (Å²) in [6.07, 6.45) is 2.44. The molecule has 1 aromatic rings. The van der Waals surface area contributed by atoms with Crippen LogP contribution in [-0.4, -0.2) is 13.7 Å². The summed E-state index contributed by atoms with van der Waals surface area (Å²) in [6.45, 7) is 9.58. The number of aryl methyl sites for hydroxylation is 1. The fraction of sp³-hybridized carbons (Fsp3) is 0.625. The van der Waals surface area contributed by atoms with Gasteiger partial charge in [0.05, 0.1) is 7.11 Å². The lowest BCUT2D eigenvalue weighted by atomic mass is 9.81. The van der Waals surface area contributed by atoms with Gasteiger partial charge in [-0.2, -0.15) is 0 Å². The van der Waals surface area contributed by atoms with Crippen molar-refractivity contribution in [2.75, 3.05) is 13.7 Å². The van der Waals surface area contributed by atoms with E-state index in [0.717, 1.165) is 12.3 Å². The van der Waals surface area contributed by atoms with Crippen LogP contribution in [0.5, 0.6) is 5.75 Å². The number of hydrogen-bond acceptors (Lipinski definition) is 2. The summed E-state index contributed by atoms with van der Waals surface area (Å²) in [5.74, 6) is 1.03. The molecule has 0 saturated heterocycles. The first-order valence-electron chi connectivity index (χ1n) is 6.74. The highest BCUT2D eigenvalue weighted by atomic mass is 16.5. The number of ether oxygens (including phenoxy) is 1. The Kier molecular flexibility index (Phi) is 3.18. The maximum Gasteiger partial charge on any atom is 0.125 e. The molecule has 1 aliphatic carbocycles. The molecule has 0 bridgehead atoms. The number of hydrogen-bond donors (Lipinski definition) is 1. The zero-order valence-electron chi connectivity index (χ0n) is 12.3. The number of nitrogens with two attached hydrogens (primary N) is 1. The Bertz CT molecular complexity index is 453. The van der Waals surface area contributed by atoms with Crippen LogP contribution < -0.4 is 10.5 Å². The van der Waals surface area contributed by atoms with E-state index in [2.05, 4.69) is 39.8 Å². The summed E-state index contributed by atoms with van der Waals surface area (Å²) in [5.41, 5.74) is 10.2. The molecule has 2 rings (SSSR count). The van der Waals surface area contributed by atoms with E-state index in [-0.39, 0.29) is 10.8 Å². The third-order valence-corrected chi connectivity index (χ3v) is 4.14. The van der Waals surface area contributed by atoms with E-state index in [9.17, 15) is 0 Å². The maximum absolute atomic E-state index is 5.95. The molecule has 0 atom stereocenters. The second kappa shape index (κ2) is 4.27. The van der Waals surface area contributed by atoms with Gasteiger partial charge in [0.15, 0.2) is 0 Å². The molecule has 1 fully saturated rings. The summed E-state index contributed by atoms with van der Waals surface area (Å²) in [5, 5.41) is 0. The molecule has 0 aromatic heterocycles. The molecule has 100 valence electrons. The molecule has 2 nitrogen and oxygen atoms in total. The van der Waals surface area contributed by atoms with E-state index >= 15 is 0 Å². The number of benzene rings is 1. The van der Waals surface area contributed by atoms with E-state index in [0.29, 0.717) is 0 Å². The van der Waals surface area contributed by atoms with Crippen molar-refractivity contribution in [3.63, 3.8) is 0 Å². The van der Waals surface area contributed by atoms with Crippen molar-refractivity contribution in [1.29, 1.82) is 0 Å². The third-order valence-electron chi connectivity index (χ3n) is 4.14. The molecule has 0 aliphatic heterocycles. The van der Waals surface area contributed by atoms with Gasteiger partial charge in [0.1, 0.15) is 5.75 Å². The van der Waals surface area contributed by atoms with Crippen LogP contribution in [0.4, 0.5) is 0 Å². The number of rotatable bonds is 3. The lowest BCUT2D eigenvalue weighted by Gasteiger charge is -2.26. The molecule has 1 aromatic carbocycles. The van der Waals surface area contributed by atoms with Gasteiger partial charge in [0.25, 0.3) is 0 Å². The van der Waals surface area contributed by atoms with Crippen LogP contribution in [0, 0.1) is 6.92 Å². The molecule has 1 aliphatic rings. The maximum atomic E-state index is 5.95. The van der Waals surface area contributed by atoms with Crippen LogP contribution in [0.3, 0.4) is 0 Å². The quantitative estimate of drug-likeness (QED) is 0.889. The topological polar surface area (TPSA) is 35.2 Å². The Morgan fingerprint density at radius 2 is 1.89 bits per heavy atom. The molecule has 1 saturated carbocycles. The van der Waals surface area contributed by atoms with Crippen molar-refractivity contribution in [3.05, 3.63) is 28.8 Å². The number of methoxy groups -OCH3 is 1. The Hall–Kier alpha value is -1.02. The monoisotopic (exact) mass is 247 g/mol. The average Bonchev–Trinajstić information content (AvgIpc) is 3.07. The molecule has 0 heterocycles. The lowest BCUT2D eigenvalue weighted by Crippen LogP contribution is -2.22. The van der Waals surface area contributed by atoms with Crippen molar-refractivity contribution >= 4 is 0 Å². The van der Waals surface area contributed by atoms with Crippen molar-refractivity contribution in [2.45, 2.75) is 51.4 Å². The van der Waals surface area contributed by atoms with Gasteiger partial charge in [0.2, 0.25) is 0 Å². The Balaban J connectivity index is 2.57. The summed E-state index contributed by atoms with van der Waals surface area (Å²) in [4.78, 5) is 0. The SMILES string of the molecule is COc1c(C)cc(C2(CN)CC2)cc1C(C)(C)C. The average molecular weight is 247 g/mol. The Morgan fingerprint density at radius 1 is 1.28 bits per heavy atom. The van der Waals surface area contributed by atoms with Gasteiger partial charge in [-0.3, -0.25) is 0 Å². The van der Waals surface area contributed by atoms with E-state index in [1.807, 2.05) is 0 Å². The first-order chi connectivity index (χ1) is 8.34. The molecule has 18 heavy (non-hydrogen) atoms. The van der Waals surface area contributed by atoms with Crippen LogP contribution >= 0.6 is 0 Å². The minimum atomic E-state index is 0.0940. The zero-order valence-corrected chi connectivity index (χ0v) is 12.3. The van der Waals surface area contributed by atoms with E-state index in [1.165, 1.54) is 29.5 Å². The van der Waals surface area contributed by atoms with Gasteiger partial charge < -0.3 is 10.5 Å². The Morgan fingerprint density at radius 3 is 2.28 bits per heavy atom. The second-order valence-corrected chi connectivity index (χ2v) is 6.61. The van der Waals surface area contributed by atoms with Gasteiger partial charge in [0, 0.05) is 17.5 Å². The van der Waals surface area contributed by atoms with Crippen molar-refractivity contribution in [1.82, 2.24) is 0 Å². The van der Waals surface area contributed by atoms with Crippen LogP contribution in [0.15, 0.2) is 12.1 Å². The van der Waals surface area contributed by atoms with Gasteiger partial charge in [-0.1, -0.05) is 32.9 Å². The summed E-state index contributed by atoms with van der Waals surface area (Å²) < 4.78 is 5.59. The highest BCUT2D eigenvalue weighted by Crippen LogP contribution is 2.49. The van der Waals surface area contributed by atoms with E-state index in [4.69, 9.17) is 10.5 Å². The second-order valence-electron chi connectivity index (χ2n) is 6.61. The van der Waals surface area contributed by atoms with Gasteiger partial charge in [-0.05, 0) is 36.3 Å². The molecule has 2 N–H and O–H groups in total. The predicted molar refractivity (Wildman–Crippen MR) is 76.4 cm³/mol. The first kappa shape index (κ1) is 13.4. The lowest BCUT2D eigenvalue weighted by molar-refractivity contribution is 0.394. The highest BCUT2D eigenvalue weighted by Gasteiger charge is 2.43. The van der Waals surface area contributed by atoms with E-state index < -0.39 is 0 Å². The molecule has 0 unspecified atom stereocenters. The standard InChI is InChI=1S/C16H25NO/c1-11-8-12(16(10-17)6-7-16)9-13(14(11)18-5)15(2,3)4/h8-9H,6-7,10,17H2,1-5H3. The van der Waals surface area contributed by atoms with Crippen LogP contribution in [-0.2, 0) is 10.8 Å². The van der Waals surface area contributed by atoms with Crippen LogP contribution in [0.1, 0.15) is 50.3 Å². The largest absolute Gasteiger partial charge is 0.496 e. The molecule has 0 amide bonds. The first-order valence-corrected chi connectivity index (χ1v) is 6.74. The zero-order chi connectivity index (χ0) is 13.6. The summed E-state index contributed by atoms with van der Waals surface area (Å²) in [7, 11) is 1.76. The summed E-state index contributed by atoms with van der Waals surface area (Å²) >= 11 is 0. The minimum absolute atomic E-state index is 0.0940. The van der Waals surface area contributed by atoms with Crippen molar-refractivity contribution < 1.29 is 4.74 Å². The highest BCUT2D eigenvalue weighted by molar-refractivity contribution is 5.50. The van der Waals surface area contributed by atoms with Crippen molar-refractivity contribution in [2.24, 2.45) is 5.73 Å². The van der Waals surface area contributed by atoms with E-state index in [1.54, 1.807) is 7.11 Å². The van der Waals surface area contributed by atoms with Gasteiger partial charge in [-0.25, -0.2) is 0 Å². The molecule has 0 spiro atoms. The Labute approximate surface area is 111 Å². The fourth-order valence-electron chi connectivity index (χ4n) is 2.67.